The molecule has 0 heterocycles. The third-order valence-corrected chi connectivity index (χ3v) is 1.82. The highest BCUT2D eigenvalue weighted by Gasteiger charge is 2.05. The fraction of sp³-hybridized carbons (Fsp3) is 0.333. The van der Waals surface area contributed by atoms with Crippen LogP contribution < -0.4 is 4.74 Å². The fourth-order valence-electron chi connectivity index (χ4n) is 0.789. The summed E-state index contributed by atoms with van der Waals surface area (Å²) >= 11 is 5.51. The average Bonchev–Trinajstić information content (AvgIpc) is 2.09. The summed E-state index contributed by atoms with van der Waals surface area (Å²) in [6.45, 7) is 1.79. The van der Waals surface area contributed by atoms with Crippen LogP contribution in [0.2, 0.25) is 0 Å². The van der Waals surface area contributed by atoms with Crippen molar-refractivity contribution < 1.29 is 9.13 Å². The summed E-state index contributed by atoms with van der Waals surface area (Å²) in [7, 11) is 0. The lowest BCUT2D eigenvalue weighted by Gasteiger charge is -2.11. The molecule has 0 aromatic heterocycles. The topological polar surface area (TPSA) is 9.23 Å². The number of rotatable bonds is 3. The molecular formula is C9H10ClFO. The molecule has 66 valence electrons. The highest BCUT2D eigenvalue weighted by atomic mass is 35.5. The van der Waals surface area contributed by atoms with E-state index in [1.54, 1.807) is 25.1 Å². The number of ether oxygens (including phenoxy) is 1. The SMILES string of the molecule is CC(CCl)Oc1ccccc1F. The van der Waals surface area contributed by atoms with Crippen molar-refractivity contribution in [2.45, 2.75) is 13.0 Å². The van der Waals surface area contributed by atoms with Crippen LogP contribution in [0, 0.1) is 5.82 Å². The Kier molecular flexibility index (Phi) is 3.35. The van der Waals surface area contributed by atoms with Crippen molar-refractivity contribution in [3.8, 4) is 5.75 Å². The monoisotopic (exact) mass is 188 g/mol. The standard InChI is InChI=1S/C9H10ClFO/c1-7(6-10)12-9-5-3-2-4-8(9)11/h2-5,7H,6H2,1H3. The van der Waals surface area contributed by atoms with Gasteiger partial charge in [0.2, 0.25) is 0 Å². The Morgan fingerprint density at radius 2 is 2.17 bits per heavy atom. The lowest BCUT2D eigenvalue weighted by atomic mass is 10.3. The third-order valence-electron chi connectivity index (χ3n) is 1.38. The number of hydrogen-bond acceptors (Lipinski definition) is 1. The minimum Gasteiger partial charge on any atom is -0.486 e. The van der Waals surface area contributed by atoms with Gasteiger partial charge in [-0.2, -0.15) is 0 Å². The molecule has 0 radical (unpaired) electrons. The Hall–Kier alpha value is -0.760. The molecule has 0 bridgehead atoms. The molecule has 1 unspecified atom stereocenters. The van der Waals surface area contributed by atoms with Crippen LogP contribution in [0.3, 0.4) is 0 Å². The molecule has 0 saturated heterocycles. The Bertz CT molecular complexity index is 252. The van der Waals surface area contributed by atoms with Crippen molar-refractivity contribution >= 4 is 11.6 Å². The van der Waals surface area contributed by atoms with Gasteiger partial charge in [-0.1, -0.05) is 12.1 Å². The first-order valence-electron chi connectivity index (χ1n) is 3.71. The van der Waals surface area contributed by atoms with Crippen LogP contribution in [0.4, 0.5) is 4.39 Å². The minimum atomic E-state index is -0.352. The zero-order valence-electron chi connectivity index (χ0n) is 6.76. The number of benzene rings is 1. The molecule has 0 saturated carbocycles. The third kappa shape index (κ3) is 2.38. The van der Waals surface area contributed by atoms with E-state index in [0.29, 0.717) is 5.88 Å². The van der Waals surface area contributed by atoms with E-state index in [0.717, 1.165) is 0 Å². The smallest absolute Gasteiger partial charge is 0.165 e. The maximum atomic E-state index is 12.9. The second-order valence-electron chi connectivity index (χ2n) is 2.51. The first-order valence-corrected chi connectivity index (χ1v) is 4.24. The van der Waals surface area contributed by atoms with Gasteiger partial charge in [0.15, 0.2) is 11.6 Å². The molecule has 3 heteroatoms. The van der Waals surface area contributed by atoms with Crippen molar-refractivity contribution in [2.75, 3.05) is 5.88 Å². The lowest BCUT2D eigenvalue weighted by molar-refractivity contribution is 0.234. The van der Waals surface area contributed by atoms with Crippen molar-refractivity contribution in [1.29, 1.82) is 0 Å². The van der Waals surface area contributed by atoms with Crippen molar-refractivity contribution in [1.82, 2.24) is 0 Å². The Labute approximate surface area is 76.1 Å². The van der Waals surface area contributed by atoms with Gasteiger partial charge in [0.25, 0.3) is 0 Å². The molecule has 0 spiro atoms. The summed E-state index contributed by atoms with van der Waals surface area (Å²) in [5, 5.41) is 0. The van der Waals surface area contributed by atoms with Crippen molar-refractivity contribution in [3.05, 3.63) is 30.1 Å². The molecule has 1 nitrogen and oxygen atoms in total. The van der Waals surface area contributed by atoms with Crippen molar-refractivity contribution in [2.24, 2.45) is 0 Å². The lowest BCUT2D eigenvalue weighted by Crippen LogP contribution is -2.13. The zero-order chi connectivity index (χ0) is 8.97. The second-order valence-corrected chi connectivity index (χ2v) is 2.82. The molecule has 0 aliphatic carbocycles. The molecule has 0 amide bonds. The quantitative estimate of drug-likeness (QED) is 0.663. The fourth-order valence-corrected chi connectivity index (χ4v) is 0.852. The molecule has 1 atom stereocenters. The van der Waals surface area contributed by atoms with Crippen LogP contribution in [-0.4, -0.2) is 12.0 Å². The van der Waals surface area contributed by atoms with Gasteiger partial charge in [0, 0.05) is 0 Å². The number of alkyl halides is 1. The van der Waals surface area contributed by atoms with Gasteiger partial charge in [-0.25, -0.2) is 4.39 Å². The summed E-state index contributed by atoms with van der Waals surface area (Å²) in [5.41, 5.74) is 0. The molecular weight excluding hydrogens is 179 g/mol. The molecule has 12 heavy (non-hydrogen) atoms. The summed E-state index contributed by atoms with van der Waals surface area (Å²) in [4.78, 5) is 0. The molecule has 1 aromatic rings. The predicted octanol–water partition coefficient (Wildman–Crippen LogP) is 2.83. The van der Waals surface area contributed by atoms with E-state index in [9.17, 15) is 4.39 Å². The van der Waals surface area contributed by atoms with E-state index < -0.39 is 0 Å². The van der Waals surface area contributed by atoms with E-state index in [-0.39, 0.29) is 17.7 Å². The zero-order valence-corrected chi connectivity index (χ0v) is 7.51. The average molecular weight is 189 g/mol. The van der Waals surface area contributed by atoms with Gasteiger partial charge in [-0.05, 0) is 19.1 Å². The summed E-state index contributed by atoms with van der Waals surface area (Å²) < 4.78 is 18.1. The van der Waals surface area contributed by atoms with E-state index in [1.165, 1.54) is 6.07 Å². The summed E-state index contributed by atoms with van der Waals surface area (Å²) in [5.74, 6) is 0.258. The minimum absolute atomic E-state index is 0.163. The second kappa shape index (κ2) is 4.31. The largest absolute Gasteiger partial charge is 0.486 e. The maximum absolute atomic E-state index is 12.9. The Morgan fingerprint density at radius 3 is 2.75 bits per heavy atom. The van der Waals surface area contributed by atoms with Gasteiger partial charge >= 0.3 is 0 Å². The van der Waals surface area contributed by atoms with Crippen LogP contribution in [0.25, 0.3) is 0 Å². The van der Waals surface area contributed by atoms with Crippen LogP contribution in [-0.2, 0) is 0 Å². The first kappa shape index (κ1) is 9.33. The van der Waals surface area contributed by atoms with E-state index in [2.05, 4.69) is 0 Å². The Morgan fingerprint density at radius 1 is 1.50 bits per heavy atom. The summed E-state index contributed by atoms with van der Waals surface area (Å²) in [6.07, 6.45) is -0.163. The molecule has 0 fully saturated rings. The highest BCUT2D eigenvalue weighted by molar-refractivity contribution is 6.18. The van der Waals surface area contributed by atoms with Gasteiger partial charge in [-0.3, -0.25) is 0 Å². The van der Waals surface area contributed by atoms with Gasteiger partial charge in [0.1, 0.15) is 6.10 Å². The maximum Gasteiger partial charge on any atom is 0.165 e. The molecule has 0 N–H and O–H groups in total. The molecule has 0 aliphatic heterocycles. The van der Waals surface area contributed by atoms with E-state index in [1.807, 2.05) is 0 Å². The van der Waals surface area contributed by atoms with Gasteiger partial charge in [-0.15, -0.1) is 11.6 Å². The van der Waals surface area contributed by atoms with E-state index in [4.69, 9.17) is 16.3 Å². The normalized spacial score (nSPS) is 12.6. The van der Waals surface area contributed by atoms with Crippen LogP contribution >= 0.6 is 11.6 Å². The molecule has 1 rings (SSSR count). The van der Waals surface area contributed by atoms with E-state index >= 15 is 0 Å². The number of para-hydroxylation sites is 1. The first-order chi connectivity index (χ1) is 5.74. The summed E-state index contributed by atoms with van der Waals surface area (Å²) in [6, 6.07) is 6.28. The molecule has 1 aromatic carbocycles. The van der Waals surface area contributed by atoms with Crippen LogP contribution in [0.5, 0.6) is 5.75 Å². The molecule has 0 aliphatic rings. The van der Waals surface area contributed by atoms with Gasteiger partial charge in [0.05, 0.1) is 5.88 Å². The predicted molar refractivity (Wildman–Crippen MR) is 47.2 cm³/mol. The highest BCUT2D eigenvalue weighted by Crippen LogP contribution is 2.16. The number of halogens is 2. The van der Waals surface area contributed by atoms with Crippen LogP contribution in [0.15, 0.2) is 24.3 Å². The van der Waals surface area contributed by atoms with Gasteiger partial charge < -0.3 is 4.74 Å². The number of hydrogen-bond donors (Lipinski definition) is 0. The Balaban J connectivity index is 2.69. The van der Waals surface area contributed by atoms with Crippen molar-refractivity contribution in [3.63, 3.8) is 0 Å². The van der Waals surface area contributed by atoms with Crippen LogP contribution in [0.1, 0.15) is 6.92 Å².